The van der Waals surface area contributed by atoms with Gasteiger partial charge in [-0.2, -0.15) is 0 Å². The van der Waals surface area contributed by atoms with Crippen molar-refractivity contribution in [2.75, 3.05) is 24.4 Å². The van der Waals surface area contributed by atoms with Crippen LogP contribution >= 0.6 is 12.2 Å². The van der Waals surface area contributed by atoms with Crippen LogP contribution in [0.4, 0.5) is 11.4 Å². The van der Waals surface area contributed by atoms with Crippen molar-refractivity contribution < 1.29 is 19.1 Å². The van der Waals surface area contributed by atoms with Crippen molar-refractivity contribution in [2.24, 2.45) is 7.05 Å². The molecule has 2 heterocycles. The molecule has 4 N–H and O–H groups in total. The fourth-order valence-electron chi connectivity index (χ4n) is 5.16. The maximum absolute atomic E-state index is 13.5. The summed E-state index contributed by atoms with van der Waals surface area (Å²) < 4.78 is 14.6. The quantitative estimate of drug-likeness (QED) is 0.203. The summed E-state index contributed by atoms with van der Waals surface area (Å²) in [4.78, 5) is 39.6. The third kappa shape index (κ3) is 6.46. The third-order valence-electron chi connectivity index (χ3n) is 7.61. The van der Waals surface area contributed by atoms with Gasteiger partial charge in [0.1, 0.15) is 5.69 Å². The minimum absolute atomic E-state index is 0.170. The Balaban J connectivity index is 1.33. The molecule has 1 aromatic heterocycles. The fourth-order valence-corrected chi connectivity index (χ4v) is 5.43. The van der Waals surface area contributed by atoms with Crippen LogP contribution in [0.1, 0.15) is 29.8 Å². The van der Waals surface area contributed by atoms with Gasteiger partial charge in [-0.3, -0.25) is 19.1 Å². The highest BCUT2D eigenvalue weighted by Gasteiger charge is 2.31. The van der Waals surface area contributed by atoms with E-state index < -0.39 is 11.9 Å². The van der Waals surface area contributed by atoms with E-state index in [0.29, 0.717) is 50.5 Å². The molecule has 4 aromatic rings. The summed E-state index contributed by atoms with van der Waals surface area (Å²) in [6.45, 7) is 5.11. The van der Waals surface area contributed by atoms with Crippen LogP contribution in [0.15, 0.2) is 88.9 Å². The number of aryl methyl sites for hydroxylation is 1. The molecule has 0 spiro atoms. The molecule has 0 radical (unpaired) electrons. The molecule has 0 fully saturated rings. The Morgan fingerprint density at radius 3 is 2.38 bits per heavy atom. The highest BCUT2D eigenvalue weighted by atomic mass is 32.1. The molecule has 2 amide bonds. The summed E-state index contributed by atoms with van der Waals surface area (Å²) in [5, 5.41) is 12.3. The van der Waals surface area contributed by atoms with E-state index in [4.69, 9.17) is 21.7 Å². The van der Waals surface area contributed by atoms with Crippen molar-refractivity contribution in [2.45, 2.75) is 26.8 Å². The van der Waals surface area contributed by atoms with Crippen LogP contribution in [0.5, 0.6) is 11.5 Å². The van der Waals surface area contributed by atoms with Gasteiger partial charge < -0.3 is 30.7 Å². The van der Waals surface area contributed by atoms with Crippen molar-refractivity contribution in [1.29, 1.82) is 0 Å². The van der Waals surface area contributed by atoms with Gasteiger partial charge in [-0.05, 0) is 74.4 Å². The monoisotopic (exact) mass is 626 g/mol. The Labute approximate surface area is 265 Å². The molecule has 0 aliphatic carbocycles. The number of thiocarbonyl (C=S) groups is 1. The number of amides is 2. The molecule has 0 saturated carbocycles. The number of hydrogen-bond acceptors (Lipinski definition) is 6. The minimum atomic E-state index is -0.582. The normalized spacial score (nSPS) is 14.3. The predicted molar refractivity (Wildman–Crippen MR) is 177 cm³/mol. The zero-order valence-corrected chi connectivity index (χ0v) is 26.4. The first-order chi connectivity index (χ1) is 21.6. The van der Waals surface area contributed by atoms with Gasteiger partial charge in [0.15, 0.2) is 23.2 Å². The first-order valence-corrected chi connectivity index (χ1v) is 14.6. The van der Waals surface area contributed by atoms with Crippen LogP contribution in [-0.2, 0) is 16.6 Å². The average molecular weight is 627 g/mol. The first-order valence-electron chi connectivity index (χ1n) is 14.2. The lowest BCUT2D eigenvalue weighted by atomic mass is 9.94. The largest absolute Gasteiger partial charge is 0.493 e. The van der Waals surface area contributed by atoms with Crippen molar-refractivity contribution in [1.82, 2.24) is 20.0 Å². The van der Waals surface area contributed by atoms with Gasteiger partial charge in [-0.25, -0.2) is 4.68 Å². The lowest BCUT2D eigenvalue weighted by molar-refractivity contribution is -0.118. The van der Waals surface area contributed by atoms with E-state index in [0.717, 1.165) is 5.56 Å². The van der Waals surface area contributed by atoms with E-state index >= 15 is 0 Å². The Hall–Kier alpha value is -5.36. The molecule has 1 aliphatic rings. The number of hydrogen-bond donors (Lipinski definition) is 4. The van der Waals surface area contributed by atoms with Crippen LogP contribution in [0.25, 0.3) is 5.69 Å². The number of methoxy groups -OCH3 is 1. The number of nitrogens with zero attached hydrogens (tertiary/aromatic N) is 2. The predicted octanol–water partition coefficient (Wildman–Crippen LogP) is 4.25. The number of allylic oxidation sites excluding steroid dienone is 1. The van der Waals surface area contributed by atoms with E-state index in [2.05, 4.69) is 21.3 Å². The van der Waals surface area contributed by atoms with E-state index in [1.54, 1.807) is 43.8 Å². The second-order valence-corrected chi connectivity index (χ2v) is 10.9. The first kappa shape index (κ1) is 31.1. The maximum Gasteiger partial charge on any atom is 0.295 e. The Bertz CT molecular complexity index is 1880. The van der Waals surface area contributed by atoms with Gasteiger partial charge in [-0.15, -0.1) is 0 Å². The van der Waals surface area contributed by atoms with E-state index in [1.165, 1.54) is 11.8 Å². The molecule has 0 bridgehead atoms. The molecule has 12 heteroatoms. The fraction of sp³-hybridized carbons (Fsp3) is 0.212. The standard InChI is InChI=1S/C33H34N6O5S/c1-19-11-9-10-14-24(19)35-31(41)28-20(2)34-33(45)37-30(28)22-15-16-25(26(17-22)43-5)44-18-27(40)36-29-21(3)38(4)39(32(29)42)23-12-7-6-8-13-23/h6-17,30H,18H2,1-5H3,(H,35,41)(H,36,40)(H2,34,37,45). The molecule has 0 saturated heterocycles. The zero-order valence-electron chi connectivity index (χ0n) is 25.6. The maximum atomic E-state index is 13.5. The molecule has 1 atom stereocenters. The molecule has 5 rings (SSSR count). The second kappa shape index (κ2) is 13.1. The molecule has 1 unspecified atom stereocenters. The number of benzene rings is 3. The molecule has 1 aliphatic heterocycles. The highest BCUT2D eigenvalue weighted by Crippen LogP contribution is 2.35. The summed E-state index contributed by atoms with van der Waals surface area (Å²) in [6, 6.07) is 21.3. The van der Waals surface area contributed by atoms with Gasteiger partial charge >= 0.3 is 0 Å². The minimum Gasteiger partial charge on any atom is -0.493 e. The Morgan fingerprint density at radius 2 is 1.67 bits per heavy atom. The summed E-state index contributed by atoms with van der Waals surface area (Å²) >= 11 is 5.40. The lowest BCUT2D eigenvalue weighted by Crippen LogP contribution is -2.45. The molecular weight excluding hydrogens is 592 g/mol. The van der Waals surface area contributed by atoms with Gasteiger partial charge in [0, 0.05) is 18.4 Å². The molecule has 45 heavy (non-hydrogen) atoms. The smallest absolute Gasteiger partial charge is 0.295 e. The van der Waals surface area contributed by atoms with E-state index in [9.17, 15) is 14.4 Å². The average Bonchev–Trinajstić information content (AvgIpc) is 3.23. The number of para-hydroxylation sites is 2. The molecule has 11 nitrogen and oxygen atoms in total. The van der Waals surface area contributed by atoms with Crippen LogP contribution in [0.3, 0.4) is 0 Å². The van der Waals surface area contributed by atoms with Gasteiger partial charge in [-0.1, -0.05) is 42.5 Å². The number of nitrogens with one attached hydrogen (secondary N) is 4. The highest BCUT2D eigenvalue weighted by molar-refractivity contribution is 7.80. The van der Waals surface area contributed by atoms with E-state index in [-0.39, 0.29) is 23.8 Å². The molecular formula is C33H34N6O5S. The molecule has 3 aromatic carbocycles. The van der Waals surface area contributed by atoms with Crippen molar-refractivity contribution in [3.63, 3.8) is 0 Å². The van der Waals surface area contributed by atoms with E-state index in [1.807, 2.05) is 61.5 Å². The number of rotatable bonds is 9. The van der Waals surface area contributed by atoms with Crippen molar-refractivity contribution in [3.05, 3.63) is 111 Å². The summed E-state index contributed by atoms with van der Waals surface area (Å²) in [6.07, 6.45) is 0. The number of ether oxygens (including phenoxy) is 2. The van der Waals surface area contributed by atoms with Gasteiger partial charge in [0.25, 0.3) is 17.4 Å². The Kier molecular flexibility index (Phi) is 9.05. The van der Waals surface area contributed by atoms with Crippen LogP contribution in [0.2, 0.25) is 0 Å². The SMILES string of the molecule is COc1cc(C2NC(=S)NC(C)=C2C(=O)Nc2ccccc2C)ccc1OCC(=O)Nc1c(C)n(C)n(-c2ccccc2)c1=O. The summed E-state index contributed by atoms with van der Waals surface area (Å²) in [5.74, 6) is -0.129. The topological polar surface area (TPSA) is 128 Å². The van der Waals surface area contributed by atoms with Crippen molar-refractivity contribution >= 4 is 40.5 Å². The van der Waals surface area contributed by atoms with Crippen LogP contribution in [0, 0.1) is 13.8 Å². The number of carbonyl (C=O) groups excluding carboxylic acids is 2. The van der Waals surface area contributed by atoms with Crippen LogP contribution < -0.4 is 36.3 Å². The second-order valence-electron chi connectivity index (χ2n) is 10.5. The van der Waals surface area contributed by atoms with Crippen LogP contribution in [-0.4, -0.2) is 40.0 Å². The van der Waals surface area contributed by atoms with Gasteiger partial charge in [0.2, 0.25) is 0 Å². The summed E-state index contributed by atoms with van der Waals surface area (Å²) in [7, 11) is 3.24. The number of anilines is 2. The van der Waals surface area contributed by atoms with Gasteiger partial charge in [0.05, 0.1) is 30.1 Å². The third-order valence-corrected chi connectivity index (χ3v) is 7.83. The van der Waals surface area contributed by atoms with Crippen molar-refractivity contribution in [3.8, 4) is 17.2 Å². The number of carbonyl (C=O) groups is 2. The zero-order chi connectivity index (χ0) is 32.2. The summed E-state index contributed by atoms with van der Waals surface area (Å²) in [5.41, 5.74) is 4.51. The number of aromatic nitrogens is 2. The Morgan fingerprint density at radius 1 is 0.956 bits per heavy atom. The lowest BCUT2D eigenvalue weighted by Gasteiger charge is -2.30. The molecule has 232 valence electrons.